The van der Waals surface area contributed by atoms with Crippen LogP contribution in [0.3, 0.4) is 0 Å². The average molecular weight is 403 g/mol. The summed E-state index contributed by atoms with van der Waals surface area (Å²) in [6.45, 7) is 1.78. The van der Waals surface area contributed by atoms with Crippen LogP contribution in [0, 0.1) is 0 Å². The van der Waals surface area contributed by atoms with Crippen LogP contribution < -0.4 is 5.73 Å². The fourth-order valence-electron chi connectivity index (χ4n) is 2.94. The highest BCUT2D eigenvalue weighted by atomic mass is 32.2. The molecule has 4 heterocycles. The van der Waals surface area contributed by atoms with Gasteiger partial charge < -0.3 is 10.2 Å². The predicted molar refractivity (Wildman–Crippen MR) is 104 cm³/mol. The van der Waals surface area contributed by atoms with Crippen molar-refractivity contribution in [1.29, 1.82) is 0 Å². The summed E-state index contributed by atoms with van der Waals surface area (Å²) in [6, 6.07) is 3.88. The van der Waals surface area contributed by atoms with Gasteiger partial charge in [-0.2, -0.15) is 0 Å². The van der Waals surface area contributed by atoms with Crippen LogP contribution in [0.25, 0.3) is 22.5 Å². The Morgan fingerprint density at radius 3 is 2.67 bits per heavy atom. The smallest absolute Gasteiger partial charge is 0.239 e. The molecule has 8 nitrogen and oxygen atoms in total. The van der Waals surface area contributed by atoms with Crippen LogP contribution in [0.15, 0.2) is 51.9 Å². The highest BCUT2D eigenvalue weighted by Crippen LogP contribution is 2.38. The van der Waals surface area contributed by atoms with Crippen molar-refractivity contribution in [1.82, 2.24) is 14.3 Å². The maximum absolute atomic E-state index is 12.4. The van der Waals surface area contributed by atoms with E-state index in [1.54, 1.807) is 25.5 Å². The summed E-state index contributed by atoms with van der Waals surface area (Å²) in [4.78, 5) is 13.5. The van der Waals surface area contributed by atoms with Crippen molar-refractivity contribution in [2.75, 3.05) is 12.8 Å². The number of hydrogen-bond donors (Lipinski definition) is 1. The quantitative estimate of drug-likeness (QED) is 0.717. The minimum absolute atomic E-state index is 0.00677. The molecule has 1 aliphatic heterocycles. The van der Waals surface area contributed by atoms with Gasteiger partial charge in [0, 0.05) is 35.4 Å². The van der Waals surface area contributed by atoms with Crippen molar-refractivity contribution in [3.63, 3.8) is 0 Å². The molecule has 1 atom stereocenters. The minimum Gasteiger partial charge on any atom is -0.443 e. The van der Waals surface area contributed by atoms with Gasteiger partial charge in [0.15, 0.2) is 12.2 Å². The van der Waals surface area contributed by atoms with E-state index >= 15 is 0 Å². The van der Waals surface area contributed by atoms with Crippen molar-refractivity contribution >= 4 is 27.3 Å². The Hall–Kier alpha value is -2.72. The van der Waals surface area contributed by atoms with E-state index in [2.05, 4.69) is 15.0 Å². The molecule has 0 spiro atoms. The minimum atomic E-state index is -3.51. The van der Waals surface area contributed by atoms with Crippen LogP contribution >= 0.6 is 11.3 Å². The first kappa shape index (κ1) is 17.7. The number of oxazole rings is 1. The molecular formula is C17H17N5O3S2. The molecule has 0 amide bonds. The Morgan fingerprint density at radius 1 is 1.19 bits per heavy atom. The van der Waals surface area contributed by atoms with Gasteiger partial charge in [0.2, 0.25) is 16.0 Å². The second-order valence-electron chi connectivity index (χ2n) is 6.50. The zero-order valence-electron chi connectivity index (χ0n) is 14.7. The lowest BCUT2D eigenvalue weighted by Gasteiger charge is -2.33. The van der Waals surface area contributed by atoms with Crippen molar-refractivity contribution in [2.45, 2.75) is 12.5 Å². The number of sulfonamides is 1. The van der Waals surface area contributed by atoms with Gasteiger partial charge in [-0.3, -0.25) is 4.98 Å². The number of aromatic nitrogens is 2. The summed E-state index contributed by atoms with van der Waals surface area (Å²) in [7, 11) is -2.09. The zero-order chi connectivity index (χ0) is 19.2. The highest BCUT2D eigenvalue weighted by Gasteiger charge is 2.41. The van der Waals surface area contributed by atoms with Gasteiger partial charge >= 0.3 is 0 Å². The van der Waals surface area contributed by atoms with E-state index in [0.717, 1.165) is 25.9 Å². The number of nitrogens with two attached hydrogens (primary N) is 1. The molecule has 10 heteroatoms. The predicted octanol–water partition coefficient (Wildman–Crippen LogP) is 2.27. The van der Waals surface area contributed by atoms with Gasteiger partial charge in [-0.15, -0.1) is 11.3 Å². The molecule has 3 aromatic rings. The van der Waals surface area contributed by atoms with Gasteiger partial charge in [0.1, 0.15) is 5.54 Å². The third-order valence-electron chi connectivity index (χ3n) is 4.48. The van der Waals surface area contributed by atoms with Gasteiger partial charge in [-0.1, -0.05) is 0 Å². The van der Waals surface area contributed by atoms with Crippen molar-refractivity contribution in [2.24, 2.45) is 10.7 Å². The molecule has 27 heavy (non-hydrogen) atoms. The standard InChI is InChI=1S/C17H17N5O3S2/c1-17(9-27(23,24)22(2)16(18)21-17)15-4-13(8-26-15)11-3-12(6-19-5-11)14-7-20-10-25-14/h3-8,10H,9H2,1-2H3,(H2,18,21). The molecule has 140 valence electrons. The molecular weight excluding hydrogens is 386 g/mol. The molecule has 4 rings (SSSR count). The fourth-order valence-corrected chi connectivity index (χ4v) is 5.50. The van der Waals surface area contributed by atoms with Gasteiger partial charge in [-0.05, 0) is 30.0 Å². The van der Waals surface area contributed by atoms with E-state index < -0.39 is 15.6 Å². The lowest BCUT2D eigenvalue weighted by Crippen LogP contribution is -2.50. The summed E-state index contributed by atoms with van der Waals surface area (Å²) in [5, 5.41) is 1.96. The van der Waals surface area contributed by atoms with Gasteiger partial charge in [-0.25, -0.2) is 22.7 Å². The molecule has 0 bridgehead atoms. The van der Waals surface area contributed by atoms with Crippen LogP contribution in [0.4, 0.5) is 0 Å². The normalized spacial score (nSPS) is 21.9. The maximum Gasteiger partial charge on any atom is 0.239 e. The van der Waals surface area contributed by atoms with E-state index in [0.29, 0.717) is 5.76 Å². The van der Waals surface area contributed by atoms with Gasteiger partial charge in [0.25, 0.3) is 0 Å². The first-order valence-corrected chi connectivity index (χ1v) is 10.5. The average Bonchev–Trinajstić information content (AvgIpc) is 3.31. The Balaban J connectivity index is 1.72. The molecule has 2 N–H and O–H groups in total. The molecule has 0 aliphatic carbocycles. The summed E-state index contributed by atoms with van der Waals surface area (Å²) in [6.07, 6.45) is 6.44. The first-order chi connectivity index (χ1) is 12.8. The lowest BCUT2D eigenvalue weighted by atomic mass is 10.0. The first-order valence-electron chi connectivity index (χ1n) is 8.04. The number of aliphatic imine (C=N–C) groups is 1. The Bertz CT molecular complexity index is 1120. The zero-order valence-corrected chi connectivity index (χ0v) is 16.3. The van der Waals surface area contributed by atoms with Crippen molar-refractivity contribution in [3.05, 3.63) is 47.4 Å². The summed E-state index contributed by atoms with van der Waals surface area (Å²) in [5.74, 6) is 0.492. The third-order valence-corrected chi connectivity index (χ3v) is 7.62. The van der Waals surface area contributed by atoms with E-state index in [1.165, 1.54) is 24.8 Å². The Labute approximate surface area is 160 Å². The second-order valence-corrected chi connectivity index (χ2v) is 9.41. The number of guanidine groups is 1. The van der Waals surface area contributed by atoms with Crippen LogP contribution in [-0.2, 0) is 15.6 Å². The summed E-state index contributed by atoms with van der Waals surface area (Å²) < 4.78 is 31.1. The summed E-state index contributed by atoms with van der Waals surface area (Å²) >= 11 is 1.45. The fraction of sp³-hybridized carbons (Fsp3) is 0.235. The molecule has 0 fully saturated rings. The molecule has 0 saturated heterocycles. The van der Waals surface area contributed by atoms with Crippen LogP contribution in [0.1, 0.15) is 11.8 Å². The SMILES string of the molecule is CN1C(N)=NC(C)(c2cc(-c3cncc(-c4cnco4)c3)cs2)CS1(=O)=O. The van der Waals surface area contributed by atoms with E-state index in [-0.39, 0.29) is 11.7 Å². The number of nitrogens with zero attached hydrogens (tertiary/aromatic N) is 4. The molecule has 1 aliphatic rings. The van der Waals surface area contributed by atoms with E-state index in [9.17, 15) is 8.42 Å². The molecule has 3 aromatic heterocycles. The van der Waals surface area contributed by atoms with Crippen LogP contribution in [0.2, 0.25) is 0 Å². The monoisotopic (exact) mass is 403 g/mol. The molecule has 1 unspecified atom stereocenters. The maximum atomic E-state index is 12.4. The Kier molecular flexibility index (Phi) is 4.04. The number of pyridine rings is 1. The van der Waals surface area contributed by atoms with Crippen molar-refractivity contribution in [3.8, 4) is 22.5 Å². The van der Waals surface area contributed by atoms with Gasteiger partial charge in [0.05, 0.1) is 11.9 Å². The lowest BCUT2D eigenvalue weighted by molar-refractivity contribution is 0.482. The Morgan fingerprint density at radius 2 is 1.96 bits per heavy atom. The van der Waals surface area contributed by atoms with Crippen molar-refractivity contribution < 1.29 is 12.8 Å². The topological polar surface area (TPSA) is 115 Å². The number of thiophene rings is 1. The molecule has 0 aromatic carbocycles. The largest absolute Gasteiger partial charge is 0.443 e. The van der Waals surface area contributed by atoms with Crippen LogP contribution in [0.5, 0.6) is 0 Å². The number of rotatable bonds is 3. The summed E-state index contributed by atoms with van der Waals surface area (Å²) in [5.41, 5.74) is 7.54. The van der Waals surface area contributed by atoms with Crippen LogP contribution in [-0.4, -0.2) is 41.5 Å². The third kappa shape index (κ3) is 3.10. The molecule has 0 saturated carbocycles. The highest BCUT2D eigenvalue weighted by molar-refractivity contribution is 7.89. The number of hydrogen-bond acceptors (Lipinski definition) is 8. The molecule has 0 radical (unpaired) electrons. The van der Waals surface area contributed by atoms with E-state index in [4.69, 9.17) is 10.2 Å². The van der Waals surface area contributed by atoms with E-state index in [1.807, 2.05) is 17.5 Å². The second kappa shape index (κ2) is 6.17.